The third-order valence-electron chi connectivity index (χ3n) is 6.10. The number of morpholine rings is 1. The molecule has 0 spiro atoms. The van der Waals surface area contributed by atoms with Gasteiger partial charge in [0.05, 0.1) is 19.8 Å². The van der Waals surface area contributed by atoms with Gasteiger partial charge in [0.25, 0.3) is 0 Å². The molecule has 1 aliphatic carbocycles. The molecule has 1 aromatic rings. The maximum atomic E-state index is 13.0. The Morgan fingerprint density at radius 1 is 1.18 bits per heavy atom. The Balaban J connectivity index is 1.63. The Morgan fingerprint density at radius 2 is 1.89 bits per heavy atom. The molecular formula is C22H35N3O3. The molecule has 1 N–H and O–H groups in total. The summed E-state index contributed by atoms with van der Waals surface area (Å²) in [6, 6.07) is 10.1. The number of methoxy groups -OCH3 is 1. The minimum atomic E-state index is -0.000823. The van der Waals surface area contributed by atoms with E-state index in [1.54, 1.807) is 7.11 Å². The van der Waals surface area contributed by atoms with Crippen molar-refractivity contribution in [2.45, 2.75) is 44.2 Å². The average Bonchev–Trinajstić information content (AvgIpc) is 2.77. The summed E-state index contributed by atoms with van der Waals surface area (Å²) >= 11 is 0. The smallest absolute Gasteiger partial charge is 0.317 e. The first kappa shape index (κ1) is 21.1. The Hall–Kier alpha value is -1.63. The molecule has 1 saturated heterocycles. The minimum absolute atomic E-state index is 0.000823. The molecule has 0 unspecified atom stereocenters. The first-order valence-corrected chi connectivity index (χ1v) is 10.6. The predicted molar refractivity (Wildman–Crippen MR) is 110 cm³/mol. The molecule has 1 aromatic carbocycles. The van der Waals surface area contributed by atoms with E-state index in [0.717, 1.165) is 44.7 Å². The first-order chi connectivity index (χ1) is 13.7. The van der Waals surface area contributed by atoms with E-state index >= 15 is 0 Å². The Kier molecular flexibility index (Phi) is 8.13. The van der Waals surface area contributed by atoms with Crippen LogP contribution >= 0.6 is 0 Å². The van der Waals surface area contributed by atoms with Crippen LogP contribution in [0.3, 0.4) is 0 Å². The Labute approximate surface area is 169 Å². The van der Waals surface area contributed by atoms with E-state index < -0.39 is 0 Å². The first-order valence-electron chi connectivity index (χ1n) is 10.6. The number of ether oxygens (including phenoxy) is 2. The van der Waals surface area contributed by atoms with Gasteiger partial charge in [0, 0.05) is 45.4 Å². The number of carbonyl (C=O) groups is 1. The van der Waals surface area contributed by atoms with E-state index in [9.17, 15) is 4.79 Å². The van der Waals surface area contributed by atoms with Crippen molar-refractivity contribution in [2.24, 2.45) is 0 Å². The number of urea groups is 1. The molecule has 6 nitrogen and oxygen atoms in total. The zero-order valence-electron chi connectivity index (χ0n) is 17.2. The molecule has 28 heavy (non-hydrogen) atoms. The van der Waals surface area contributed by atoms with Crippen LogP contribution in [0.15, 0.2) is 30.3 Å². The van der Waals surface area contributed by atoms with Crippen LogP contribution < -0.4 is 5.32 Å². The van der Waals surface area contributed by atoms with Crippen LogP contribution in [0, 0.1) is 0 Å². The van der Waals surface area contributed by atoms with E-state index in [2.05, 4.69) is 22.3 Å². The van der Waals surface area contributed by atoms with Crippen LogP contribution in [0.25, 0.3) is 0 Å². The number of carbonyl (C=O) groups excluding carboxylic acids is 1. The molecule has 2 amide bonds. The molecule has 1 aliphatic heterocycles. The summed E-state index contributed by atoms with van der Waals surface area (Å²) in [5.41, 5.74) is 1.21. The highest BCUT2D eigenvalue weighted by molar-refractivity contribution is 5.74. The number of amides is 2. The fraction of sp³-hybridized carbons (Fsp3) is 0.682. The second-order valence-electron chi connectivity index (χ2n) is 7.94. The number of hydrogen-bond acceptors (Lipinski definition) is 4. The number of nitrogens with zero attached hydrogens (tertiary/aromatic N) is 2. The van der Waals surface area contributed by atoms with Gasteiger partial charge in [-0.3, -0.25) is 4.90 Å². The number of rotatable bonds is 8. The van der Waals surface area contributed by atoms with Crippen LogP contribution in [-0.4, -0.2) is 74.5 Å². The van der Waals surface area contributed by atoms with Crippen molar-refractivity contribution in [3.8, 4) is 0 Å². The van der Waals surface area contributed by atoms with Gasteiger partial charge in [-0.05, 0) is 18.4 Å². The third kappa shape index (κ3) is 5.69. The predicted octanol–water partition coefficient (Wildman–Crippen LogP) is 2.88. The van der Waals surface area contributed by atoms with Crippen molar-refractivity contribution in [3.05, 3.63) is 35.9 Å². The summed E-state index contributed by atoms with van der Waals surface area (Å²) in [6.45, 7) is 5.95. The molecule has 1 saturated carbocycles. The Bertz CT molecular complexity index is 584. The van der Waals surface area contributed by atoms with Crippen molar-refractivity contribution < 1.29 is 14.3 Å². The van der Waals surface area contributed by atoms with Gasteiger partial charge < -0.3 is 19.7 Å². The lowest BCUT2D eigenvalue weighted by Crippen LogP contribution is -2.60. The molecule has 3 rings (SSSR count). The van der Waals surface area contributed by atoms with E-state index in [0.29, 0.717) is 26.2 Å². The number of benzene rings is 1. The van der Waals surface area contributed by atoms with Gasteiger partial charge in [-0.1, -0.05) is 49.6 Å². The molecule has 6 heteroatoms. The highest BCUT2D eigenvalue weighted by Gasteiger charge is 2.39. The van der Waals surface area contributed by atoms with Gasteiger partial charge >= 0.3 is 6.03 Å². The normalized spacial score (nSPS) is 19.9. The Morgan fingerprint density at radius 3 is 2.57 bits per heavy atom. The van der Waals surface area contributed by atoms with Gasteiger partial charge in [0.15, 0.2) is 0 Å². The van der Waals surface area contributed by atoms with Crippen LogP contribution in [0.2, 0.25) is 0 Å². The van der Waals surface area contributed by atoms with E-state index in [1.165, 1.54) is 19.3 Å². The lowest BCUT2D eigenvalue weighted by Gasteiger charge is -2.48. The number of hydrogen-bond donors (Lipinski definition) is 1. The second kappa shape index (κ2) is 10.8. The summed E-state index contributed by atoms with van der Waals surface area (Å²) in [4.78, 5) is 17.5. The molecule has 156 valence electrons. The van der Waals surface area contributed by atoms with Crippen LogP contribution in [0.5, 0.6) is 0 Å². The maximum Gasteiger partial charge on any atom is 0.317 e. The highest BCUT2D eigenvalue weighted by Crippen LogP contribution is 2.33. The van der Waals surface area contributed by atoms with Crippen molar-refractivity contribution in [1.82, 2.24) is 15.1 Å². The second-order valence-corrected chi connectivity index (χ2v) is 7.94. The fourth-order valence-corrected chi connectivity index (χ4v) is 4.46. The standard InChI is InChI=1S/C22H35N3O3/c1-27-15-12-24(18-20-8-4-2-5-9-20)21(26)23-19-22(10-6-3-7-11-22)25-13-16-28-17-14-25/h2,4-5,8-9H,3,6-7,10-19H2,1H3,(H,23,26). The summed E-state index contributed by atoms with van der Waals surface area (Å²) in [5, 5.41) is 3.27. The largest absolute Gasteiger partial charge is 0.383 e. The SMILES string of the molecule is COCCN(Cc1ccccc1)C(=O)NCC1(N2CCOCC2)CCCCC1. The average molecular weight is 390 g/mol. The number of nitrogens with one attached hydrogen (secondary N) is 1. The summed E-state index contributed by atoms with van der Waals surface area (Å²) < 4.78 is 10.8. The zero-order chi connectivity index (χ0) is 19.7. The maximum absolute atomic E-state index is 13.0. The highest BCUT2D eigenvalue weighted by atomic mass is 16.5. The van der Waals surface area contributed by atoms with Crippen LogP contribution in [-0.2, 0) is 16.0 Å². The summed E-state index contributed by atoms with van der Waals surface area (Å²) in [6.07, 6.45) is 6.09. The van der Waals surface area contributed by atoms with Crippen LogP contribution in [0.1, 0.15) is 37.7 Å². The molecule has 0 bridgehead atoms. The summed E-state index contributed by atoms with van der Waals surface area (Å²) in [5.74, 6) is 0. The monoisotopic (exact) mass is 389 g/mol. The van der Waals surface area contributed by atoms with Crippen LogP contribution in [0.4, 0.5) is 4.79 Å². The van der Waals surface area contributed by atoms with Gasteiger partial charge in [-0.25, -0.2) is 4.79 Å². The topological polar surface area (TPSA) is 54.0 Å². The lowest BCUT2D eigenvalue weighted by atomic mass is 9.80. The molecule has 1 heterocycles. The van der Waals surface area contributed by atoms with Gasteiger partial charge in [-0.15, -0.1) is 0 Å². The van der Waals surface area contributed by atoms with Crippen molar-refractivity contribution in [2.75, 3.05) is 53.1 Å². The molecule has 0 atom stereocenters. The summed E-state index contributed by atoms with van der Waals surface area (Å²) in [7, 11) is 1.67. The lowest BCUT2D eigenvalue weighted by molar-refractivity contribution is -0.0361. The third-order valence-corrected chi connectivity index (χ3v) is 6.10. The van der Waals surface area contributed by atoms with Gasteiger partial charge in [-0.2, -0.15) is 0 Å². The molecule has 2 aliphatic rings. The quantitative estimate of drug-likeness (QED) is 0.743. The minimum Gasteiger partial charge on any atom is -0.383 e. The molecule has 0 radical (unpaired) electrons. The van der Waals surface area contributed by atoms with E-state index in [-0.39, 0.29) is 11.6 Å². The molecular weight excluding hydrogens is 354 g/mol. The molecule has 2 fully saturated rings. The van der Waals surface area contributed by atoms with Gasteiger partial charge in [0.2, 0.25) is 0 Å². The van der Waals surface area contributed by atoms with Gasteiger partial charge in [0.1, 0.15) is 0 Å². The zero-order valence-corrected chi connectivity index (χ0v) is 17.2. The van der Waals surface area contributed by atoms with E-state index in [1.807, 2.05) is 23.1 Å². The van der Waals surface area contributed by atoms with Crippen molar-refractivity contribution in [1.29, 1.82) is 0 Å². The fourth-order valence-electron chi connectivity index (χ4n) is 4.46. The van der Waals surface area contributed by atoms with E-state index in [4.69, 9.17) is 9.47 Å². The molecule has 0 aromatic heterocycles. The van der Waals surface area contributed by atoms with Crippen molar-refractivity contribution >= 4 is 6.03 Å². The van der Waals surface area contributed by atoms with Crippen molar-refractivity contribution in [3.63, 3.8) is 0 Å².